The third-order valence-electron chi connectivity index (χ3n) is 3.22. The molecule has 0 aliphatic carbocycles. The fourth-order valence-electron chi connectivity index (χ4n) is 1.98. The molecule has 3 nitrogen and oxygen atoms in total. The van der Waals surface area contributed by atoms with Crippen molar-refractivity contribution in [3.8, 4) is 0 Å². The molecule has 0 fully saturated rings. The number of hydrogen-bond acceptors (Lipinski definition) is 3. The Morgan fingerprint density at radius 3 is 2.86 bits per heavy atom. The van der Waals surface area contributed by atoms with Crippen LogP contribution in [0.15, 0.2) is 45.6 Å². The molecular weight excluding hydrogens is 348 g/mol. The summed E-state index contributed by atoms with van der Waals surface area (Å²) in [5.74, 6) is 0.156. The summed E-state index contributed by atoms with van der Waals surface area (Å²) >= 11 is 5.20. The van der Waals surface area contributed by atoms with Gasteiger partial charge in [-0.3, -0.25) is 4.79 Å². The Kier molecular flexibility index (Phi) is 6.42. The Hall–Kier alpha value is -1.17. The number of amides is 1. The molecule has 0 radical (unpaired) electrons. The highest BCUT2D eigenvalue weighted by atomic mass is 79.9. The number of halogens is 1. The molecule has 1 aromatic heterocycles. The molecule has 1 N–H and O–H groups in total. The van der Waals surface area contributed by atoms with E-state index in [0.717, 1.165) is 16.6 Å². The summed E-state index contributed by atoms with van der Waals surface area (Å²) < 4.78 is 1.04. The number of rotatable bonds is 7. The van der Waals surface area contributed by atoms with E-state index in [1.165, 1.54) is 5.56 Å². The van der Waals surface area contributed by atoms with Gasteiger partial charge in [0.2, 0.25) is 5.91 Å². The number of hydrogen-bond donors (Lipinski definition) is 1. The number of benzene rings is 1. The maximum atomic E-state index is 12.1. The van der Waals surface area contributed by atoms with Gasteiger partial charge in [0.25, 0.3) is 0 Å². The van der Waals surface area contributed by atoms with Gasteiger partial charge in [0.15, 0.2) is 0 Å². The minimum Gasteiger partial charge on any atom is -0.341 e. The monoisotopic (exact) mass is 366 g/mol. The van der Waals surface area contributed by atoms with Crippen molar-refractivity contribution in [3.63, 3.8) is 0 Å². The van der Waals surface area contributed by atoms with Crippen molar-refractivity contribution in [1.82, 2.24) is 10.2 Å². The third kappa shape index (κ3) is 5.26. The lowest BCUT2D eigenvalue weighted by Gasteiger charge is -2.18. The molecule has 21 heavy (non-hydrogen) atoms. The summed E-state index contributed by atoms with van der Waals surface area (Å²) in [6.45, 7) is 2.16. The van der Waals surface area contributed by atoms with Crippen LogP contribution in [0.25, 0.3) is 0 Å². The molecule has 0 saturated heterocycles. The number of nitrogens with zero attached hydrogens (tertiary/aromatic N) is 1. The Labute approximate surface area is 138 Å². The molecule has 0 aliphatic rings. The van der Waals surface area contributed by atoms with E-state index < -0.39 is 0 Å². The van der Waals surface area contributed by atoms with Gasteiger partial charge in [-0.05, 0) is 34.0 Å². The lowest BCUT2D eigenvalue weighted by atomic mass is 10.2. The van der Waals surface area contributed by atoms with Crippen molar-refractivity contribution < 1.29 is 4.79 Å². The van der Waals surface area contributed by atoms with Crippen LogP contribution >= 0.6 is 27.3 Å². The standard InChI is InChI=1S/C16H19BrN2OS/c1-19(11-14-4-2-3-5-15(14)17)16(20)6-8-18-10-13-7-9-21-12-13/h2-5,7,9,12,18H,6,8,10-11H2,1H3. The second kappa shape index (κ2) is 8.32. The van der Waals surface area contributed by atoms with E-state index in [1.807, 2.05) is 31.3 Å². The molecule has 112 valence electrons. The average Bonchev–Trinajstić information content (AvgIpc) is 2.99. The first-order chi connectivity index (χ1) is 10.2. The van der Waals surface area contributed by atoms with Gasteiger partial charge in [-0.1, -0.05) is 34.1 Å². The van der Waals surface area contributed by atoms with Crippen molar-refractivity contribution in [2.75, 3.05) is 13.6 Å². The van der Waals surface area contributed by atoms with Crippen molar-refractivity contribution in [3.05, 3.63) is 56.7 Å². The first kappa shape index (κ1) is 16.2. The fraction of sp³-hybridized carbons (Fsp3) is 0.312. The summed E-state index contributed by atoms with van der Waals surface area (Å²) in [6, 6.07) is 10.1. The van der Waals surface area contributed by atoms with Gasteiger partial charge in [0.05, 0.1) is 0 Å². The van der Waals surface area contributed by atoms with Gasteiger partial charge >= 0.3 is 0 Å². The fourth-order valence-corrected chi connectivity index (χ4v) is 3.06. The maximum Gasteiger partial charge on any atom is 0.223 e. The van der Waals surface area contributed by atoms with Crippen molar-refractivity contribution in [1.29, 1.82) is 0 Å². The first-order valence-corrected chi connectivity index (χ1v) is 8.59. The predicted octanol–water partition coefficient (Wildman–Crippen LogP) is 3.65. The first-order valence-electron chi connectivity index (χ1n) is 6.86. The van der Waals surface area contributed by atoms with Gasteiger partial charge in [0, 0.05) is 37.6 Å². The molecule has 1 aromatic carbocycles. The van der Waals surface area contributed by atoms with Crippen molar-refractivity contribution in [2.24, 2.45) is 0 Å². The van der Waals surface area contributed by atoms with Gasteiger partial charge in [-0.2, -0.15) is 11.3 Å². The van der Waals surface area contributed by atoms with Crippen molar-refractivity contribution >= 4 is 33.2 Å². The van der Waals surface area contributed by atoms with Crippen LogP contribution in [-0.2, 0) is 17.9 Å². The van der Waals surface area contributed by atoms with E-state index >= 15 is 0 Å². The van der Waals surface area contributed by atoms with Gasteiger partial charge in [-0.15, -0.1) is 0 Å². The van der Waals surface area contributed by atoms with E-state index in [4.69, 9.17) is 0 Å². The molecule has 0 atom stereocenters. The largest absolute Gasteiger partial charge is 0.341 e. The summed E-state index contributed by atoms with van der Waals surface area (Å²) in [4.78, 5) is 13.9. The normalized spacial score (nSPS) is 10.6. The Bertz CT molecular complexity index is 571. The van der Waals surface area contributed by atoms with Crippen LogP contribution in [0, 0.1) is 0 Å². The second-order valence-corrected chi connectivity index (χ2v) is 6.53. The highest BCUT2D eigenvalue weighted by Crippen LogP contribution is 2.17. The molecule has 1 amide bonds. The Morgan fingerprint density at radius 2 is 2.14 bits per heavy atom. The smallest absolute Gasteiger partial charge is 0.223 e. The van der Waals surface area contributed by atoms with Crippen LogP contribution in [0.1, 0.15) is 17.5 Å². The van der Waals surface area contributed by atoms with Gasteiger partial charge < -0.3 is 10.2 Å². The summed E-state index contributed by atoms with van der Waals surface area (Å²) in [5, 5.41) is 7.48. The summed E-state index contributed by atoms with van der Waals surface area (Å²) in [7, 11) is 1.85. The molecule has 5 heteroatoms. The van der Waals surface area contributed by atoms with E-state index in [9.17, 15) is 4.79 Å². The Balaban J connectivity index is 1.71. The second-order valence-electron chi connectivity index (χ2n) is 4.90. The van der Waals surface area contributed by atoms with Crippen molar-refractivity contribution in [2.45, 2.75) is 19.5 Å². The van der Waals surface area contributed by atoms with Crippen LogP contribution in [0.2, 0.25) is 0 Å². The molecular formula is C16H19BrN2OS. The molecule has 2 aromatic rings. The zero-order valence-corrected chi connectivity index (χ0v) is 14.4. The molecule has 2 rings (SSSR count). The molecule has 0 bridgehead atoms. The van der Waals surface area contributed by atoms with Crippen LogP contribution in [-0.4, -0.2) is 24.4 Å². The van der Waals surface area contributed by atoms with E-state index in [0.29, 0.717) is 19.5 Å². The lowest BCUT2D eigenvalue weighted by Crippen LogP contribution is -2.29. The minimum absolute atomic E-state index is 0.156. The van der Waals surface area contributed by atoms with Crippen LogP contribution in [0.3, 0.4) is 0 Å². The minimum atomic E-state index is 0.156. The third-order valence-corrected chi connectivity index (χ3v) is 4.72. The number of carbonyl (C=O) groups is 1. The SMILES string of the molecule is CN(Cc1ccccc1Br)C(=O)CCNCc1ccsc1. The summed E-state index contributed by atoms with van der Waals surface area (Å²) in [6.07, 6.45) is 0.519. The van der Waals surface area contributed by atoms with Gasteiger partial charge in [0.1, 0.15) is 0 Å². The molecule has 0 aliphatic heterocycles. The summed E-state index contributed by atoms with van der Waals surface area (Å²) in [5.41, 5.74) is 2.40. The van der Waals surface area contributed by atoms with Crippen LogP contribution < -0.4 is 5.32 Å². The highest BCUT2D eigenvalue weighted by molar-refractivity contribution is 9.10. The van der Waals surface area contributed by atoms with E-state index in [2.05, 4.69) is 38.1 Å². The number of thiophene rings is 1. The zero-order valence-electron chi connectivity index (χ0n) is 12.0. The van der Waals surface area contributed by atoms with E-state index in [1.54, 1.807) is 16.2 Å². The molecule has 0 spiro atoms. The maximum absolute atomic E-state index is 12.1. The topological polar surface area (TPSA) is 32.3 Å². The number of nitrogens with one attached hydrogen (secondary N) is 1. The van der Waals surface area contributed by atoms with E-state index in [-0.39, 0.29) is 5.91 Å². The van der Waals surface area contributed by atoms with Crippen LogP contribution in [0.4, 0.5) is 0 Å². The zero-order chi connectivity index (χ0) is 15.1. The highest BCUT2D eigenvalue weighted by Gasteiger charge is 2.10. The van der Waals surface area contributed by atoms with Gasteiger partial charge in [-0.25, -0.2) is 0 Å². The molecule has 0 saturated carbocycles. The molecule has 1 heterocycles. The quantitative estimate of drug-likeness (QED) is 0.758. The Morgan fingerprint density at radius 1 is 1.33 bits per heavy atom. The van der Waals surface area contributed by atoms with Crippen LogP contribution in [0.5, 0.6) is 0 Å². The number of carbonyl (C=O) groups excluding carboxylic acids is 1. The lowest BCUT2D eigenvalue weighted by molar-refractivity contribution is -0.130. The predicted molar refractivity (Wildman–Crippen MR) is 91.3 cm³/mol. The molecule has 0 unspecified atom stereocenters. The average molecular weight is 367 g/mol.